The molecule has 4 aliphatic rings. The number of hydrogen-bond acceptors (Lipinski definition) is 3. The minimum atomic E-state index is -0.104. The first-order valence-electron chi connectivity index (χ1n) is 9.14. The number of fused-ring (bicyclic) bond motifs is 5. The molecule has 0 aromatic rings. The average molecular weight is 302 g/mol. The van der Waals surface area contributed by atoms with Crippen molar-refractivity contribution < 1.29 is 5.11 Å². The van der Waals surface area contributed by atoms with Crippen molar-refractivity contribution in [3.63, 3.8) is 0 Å². The number of nitrogens with zero attached hydrogens (tertiary/aromatic N) is 1. The van der Waals surface area contributed by atoms with Crippen LogP contribution in [0.25, 0.3) is 0 Å². The molecule has 0 aromatic carbocycles. The van der Waals surface area contributed by atoms with E-state index in [1.807, 2.05) is 0 Å². The molecule has 0 heterocycles. The van der Waals surface area contributed by atoms with E-state index in [0.29, 0.717) is 5.41 Å². The van der Waals surface area contributed by atoms with Crippen LogP contribution in [0.15, 0.2) is 16.8 Å². The number of aliphatic hydroxyl groups excluding tert-OH is 1. The van der Waals surface area contributed by atoms with Crippen LogP contribution in [0.4, 0.5) is 0 Å². The Morgan fingerprint density at radius 2 is 1.86 bits per heavy atom. The van der Waals surface area contributed by atoms with E-state index in [2.05, 4.69) is 25.0 Å². The van der Waals surface area contributed by atoms with Crippen LogP contribution in [0.1, 0.15) is 65.2 Å². The Kier molecular flexibility index (Phi) is 3.24. The topological polar surface area (TPSA) is 58.6 Å². The largest absolute Gasteiger partial charge is 0.393 e. The minimum absolute atomic E-state index is 0.104. The molecule has 22 heavy (non-hydrogen) atoms. The van der Waals surface area contributed by atoms with Crippen LogP contribution in [0.3, 0.4) is 0 Å². The third-order valence-corrected chi connectivity index (χ3v) is 7.97. The van der Waals surface area contributed by atoms with Crippen molar-refractivity contribution in [2.24, 2.45) is 39.5 Å². The molecule has 3 fully saturated rings. The van der Waals surface area contributed by atoms with Crippen molar-refractivity contribution >= 4 is 5.71 Å². The summed E-state index contributed by atoms with van der Waals surface area (Å²) in [5, 5.41) is 14.2. The summed E-state index contributed by atoms with van der Waals surface area (Å²) in [4.78, 5) is 0. The van der Waals surface area contributed by atoms with E-state index in [4.69, 9.17) is 5.84 Å². The molecule has 0 spiro atoms. The van der Waals surface area contributed by atoms with E-state index < -0.39 is 0 Å². The zero-order chi connectivity index (χ0) is 15.5. The van der Waals surface area contributed by atoms with Crippen LogP contribution in [0.5, 0.6) is 0 Å². The van der Waals surface area contributed by atoms with Gasteiger partial charge in [0, 0.05) is 11.1 Å². The number of allylic oxidation sites excluding steroid dienone is 1. The van der Waals surface area contributed by atoms with Crippen molar-refractivity contribution in [1.29, 1.82) is 0 Å². The SMILES string of the molecule is C[C@]12CCC(O)CC1=CCC1C2CC[C@]2(C)C(=NN)CCC12. The van der Waals surface area contributed by atoms with Gasteiger partial charge in [-0.3, -0.25) is 0 Å². The first kappa shape index (κ1) is 14.7. The van der Waals surface area contributed by atoms with Crippen LogP contribution in [0, 0.1) is 28.6 Å². The van der Waals surface area contributed by atoms with E-state index >= 15 is 0 Å². The van der Waals surface area contributed by atoms with Crippen LogP contribution >= 0.6 is 0 Å². The van der Waals surface area contributed by atoms with E-state index in [0.717, 1.165) is 37.0 Å². The molecule has 122 valence electrons. The smallest absolute Gasteiger partial charge is 0.0577 e. The normalized spacial score (nSPS) is 52.7. The summed E-state index contributed by atoms with van der Waals surface area (Å²) in [6.07, 6.45) is 11.6. The predicted octanol–water partition coefficient (Wildman–Crippen LogP) is 3.62. The van der Waals surface area contributed by atoms with Crippen LogP contribution in [0.2, 0.25) is 0 Å². The molecule has 3 saturated carbocycles. The fourth-order valence-corrected chi connectivity index (χ4v) is 6.64. The maximum Gasteiger partial charge on any atom is 0.0577 e. The van der Waals surface area contributed by atoms with Gasteiger partial charge in [0.15, 0.2) is 0 Å². The van der Waals surface area contributed by atoms with Gasteiger partial charge >= 0.3 is 0 Å². The standard InChI is InChI=1S/C19H30N2O/c1-18-9-7-13(22)11-12(18)3-4-14-15-5-6-17(21-20)19(15,2)10-8-16(14)18/h3,13-16,22H,4-11,20H2,1-2H3/t13?,14?,15?,16?,18-,19-/m0/s1. The number of hydrogen-bond donors (Lipinski definition) is 2. The maximum absolute atomic E-state index is 10.0. The highest BCUT2D eigenvalue weighted by Crippen LogP contribution is 2.64. The summed E-state index contributed by atoms with van der Waals surface area (Å²) in [6, 6.07) is 0. The fourth-order valence-electron chi connectivity index (χ4n) is 6.64. The van der Waals surface area contributed by atoms with Crippen LogP contribution in [-0.4, -0.2) is 16.9 Å². The molecule has 0 aromatic heterocycles. The number of nitrogens with two attached hydrogens (primary N) is 1. The summed E-state index contributed by atoms with van der Waals surface area (Å²) in [7, 11) is 0. The zero-order valence-corrected chi connectivity index (χ0v) is 14.0. The van der Waals surface area contributed by atoms with Crippen molar-refractivity contribution in [3.8, 4) is 0 Å². The van der Waals surface area contributed by atoms with Gasteiger partial charge in [-0.15, -0.1) is 0 Å². The molecule has 0 bridgehead atoms. The molecule has 4 aliphatic carbocycles. The molecule has 0 saturated heterocycles. The van der Waals surface area contributed by atoms with Gasteiger partial charge in [-0.1, -0.05) is 25.5 Å². The Balaban J connectivity index is 1.69. The fraction of sp³-hybridized carbons (Fsp3) is 0.842. The first-order valence-corrected chi connectivity index (χ1v) is 9.14. The Hall–Kier alpha value is -0.830. The first-order chi connectivity index (χ1) is 10.5. The third kappa shape index (κ3) is 1.81. The van der Waals surface area contributed by atoms with Gasteiger partial charge in [-0.2, -0.15) is 5.10 Å². The lowest BCUT2D eigenvalue weighted by atomic mass is 9.48. The molecule has 6 atom stereocenters. The number of hydrazone groups is 1. The molecule has 0 radical (unpaired) electrons. The Morgan fingerprint density at radius 1 is 1.14 bits per heavy atom. The van der Waals surface area contributed by atoms with Crippen molar-refractivity contribution in [2.45, 2.75) is 71.3 Å². The number of aliphatic hydroxyl groups is 1. The van der Waals surface area contributed by atoms with Crippen molar-refractivity contribution in [2.75, 3.05) is 0 Å². The van der Waals surface area contributed by atoms with E-state index in [1.54, 1.807) is 5.57 Å². The summed E-state index contributed by atoms with van der Waals surface area (Å²) in [5.74, 6) is 8.04. The highest BCUT2D eigenvalue weighted by atomic mass is 16.3. The molecular formula is C19H30N2O. The van der Waals surface area contributed by atoms with Gasteiger partial charge in [0.05, 0.1) is 6.10 Å². The number of rotatable bonds is 0. The Labute approximate surface area is 134 Å². The second-order valence-corrected chi connectivity index (χ2v) is 8.73. The predicted molar refractivity (Wildman–Crippen MR) is 89.3 cm³/mol. The van der Waals surface area contributed by atoms with Gasteiger partial charge in [0.2, 0.25) is 0 Å². The molecule has 3 heteroatoms. The Morgan fingerprint density at radius 3 is 2.64 bits per heavy atom. The summed E-state index contributed by atoms with van der Waals surface area (Å²) < 4.78 is 0. The summed E-state index contributed by atoms with van der Waals surface area (Å²) >= 11 is 0. The van der Waals surface area contributed by atoms with E-state index in [1.165, 1.54) is 37.8 Å². The molecule has 4 rings (SSSR count). The van der Waals surface area contributed by atoms with Crippen molar-refractivity contribution in [1.82, 2.24) is 0 Å². The molecule has 0 amide bonds. The lowest BCUT2D eigenvalue weighted by Gasteiger charge is -2.57. The minimum Gasteiger partial charge on any atom is -0.393 e. The summed E-state index contributed by atoms with van der Waals surface area (Å²) in [6.45, 7) is 4.90. The third-order valence-electron chi connectivity index (χ3n) is 7.97. The van der Waals surface area contributed by atoms with Crippen molar-refractivity contribution in [3.05, 3.63) is 11.6 Å². The molecule has 3 N–H and O–H groups in total. The molecule has 4 unspecified atom stereocenters. The lowest BCUT2D eigenvalue weighted by molar-refractivity contribution is -0.0209. The highest BCUT2D eigenvalue weighted by molar-refractivity contribution is 5.92. The van der Waals surface area contributed by atoms with Gasteiger partial charge < -0.3 is 10.9 Å². The lowest BCUT2D eigenvalue weighted by Crippen LogP contribution is -2.50. The second kappa shape index (κ2) is 4.83. The highest BCUT2D eigenvalue weighted by Gasteiger charge is 2.57. The zero-order valence-electron chi connectivity index (χ0n) is 14.0. The van der Waals surface area contributed by atoms with Gasteiger partial charge in [0.1, 0.15) is 0 Å². The van der Waals surface area contributed by atoms with Gasteiger partial charge in [-0.05, 0) is 74.5 Å². The summed E-state index contributed by atoms with van der Waals surface area (Å²) in [5.41, 5.74) is 3.43. The Bertz CT molecular complexity index is 540. The maximum atomic E-state index is 10.0. The average Bonchev–Trinajstić information content (AvgIpc) is 2.84. The molecular weight excluding hydrogens is 272 g/mol. The monoisotopic (exact) mass is 302 g/mol. The second-order valence-electron chi connectivity index (χ2n) is 8.73. The van der Waals surface area contributed by atoms with E-state index in [-0.39, 0.29) is 11.5 Å². The van der Waals surface area contributed by atoms with Gasteiger partial charge in [0.25, 0.3) is 0 Å². The van der Waals surface area contributed by atoms with Crippen LogP contribution < -0.4 is 5.84 Å². The quantitative estimate of drug-likeness (QED) is 0.408. The van der Waals surface area contributed by atoms with E-state index in [9.17, 15) is 5.11 Å². The molecule has 3 nitrogen and oxygen atoms in total. The van der Waals surface area contributed by atoms with Crippen LogP contribution in [-0.2, 0) is 0 Å². The molecule has 0 aliphatic heterocycles. The van der Waals surface area contributed by atoms with Gasteiger partial charge in [-0.25, -0.2) is 0 Å².